The number of carbonyl (C=O) groups is 1. The smallest absolute Gasteiger partial charge is 0.225 e. The van der Waals surface area contributed by atoms with Gasteiger partial charge in [-0.05, 0) is 48.6 Å². The van der Waals surface area contributed by atoms with E-state index in [0.717, 1.165) is 30.0 Å². The first-order chi connectivity index (χ1) is 15.0. The monoisotopic (exact) mass is 425 g/mol. The first-order valence-electron chi connectivity index (χ1n) is 9.85. The van der Waals surface area contributed by atoms with Gasteiger partial charge in [0.05, 0.1) is 5.56 Å². The van der Waals surface area contributed by atoms with Crippen LogP contribution in [-0.4, -0.2) is 34.7 Å². The number of hydrogen-bond acceptors (Lipinski definition) is 5. The van der Waals surface area contributed by atoms with Crippen LogP contribution in [0.15, 0.2) is 51.9 Å². The molecule has 1 amide bonds. The fourth-order valence-electron chi connectivity index (χ4n) is 3.43. The highest BCUT2D eigenvalue weighted by atomic mass is 19.2. The van der Waals surface area contributed by atoms with Crippen LogP contribution in [0, 0.1) is 17.6 Å². The van der Waals surface area contributed by atoms with Gasteiger partial charge in [-0.25, -0.2) is 18.8 Å². The van der Waals surface area contributed by atoms with Gasteiger partial charge in [0.2, 0.25) is 5.91 Å². The second-order valence-corrected chi connectivity index (χ2v) is 7.42. The van der Waals surface area contributed by atoms with Gasteiger partial charge < -0.3 is 16.5 Å². The highest BCUT2D eigenvalue weighted by molar-refractivity contribution is 6.04. The van der Waals surface area contributed by atoms with Crippen molar-refractivity contribution in [1.82, 2.24) is 9.88 Å². The molecular weight excluding hydrogens is 404 g/mol. The van der Waals surface area contributed by atoms with Crippen molar-refractivity contribution < 1.29 is 13.6 Å². The molecule has 0 radical (unpaired) electrons. The Bertz CT molecular complexity index is 1110. The molecule has 0 spiro atoms. The van der Waals surface area contributed by atoms with Crippen molar-refractivity contribution in [3.8, 4) is 0 Å². The molecule has 4 N–H and O–H groups in total. The second kappa shape index (κ2) is 8.58. The number of aromatic nitrogens is 1. The molecule has 1 aliphatic heterocycles. The summed E-state index contributed by atoms with van der Waals surface area (Å²) in [5, 5.41) is 6.97. The zero-order valence-electron chi connectivity index (χ0n) is 16.6. The highest BCUT2D eigenvalue weighted by Crippen LogP contribution is 2.33. The number of aliphatic imine (C=N–C) groups is 1. The molecule has 1 aromatic heterocycles. The van der Waals surface area contributed by atoms with Crippen LogP contribution < -0.4 is 11.6 Å². The molecule has 8 nitrogen and oxygen atoms in total. The quantitative estimate of drug-likeness (QED) is 0.256. The van der Waals surface area contributed by atoms with Gasteiger partial charge in [0.25, 0.3) is 0 Å². The van der Waals surface area contributed by atoms with Crippen molar-refractivity contribution in [3.05, 3.63) is 59.3 Å². The van der Waals surface area contributed by atoms with E-state index in [1.807, 2.05) is 11.0 Å². The highest BCUT2D eigenvalue weighted by Gasteiger charge is 2.33. The number of anilines is 1. The first kappa shape index (κ1) is 20.6. The Morgan fingerprint density at radius 3 is 2.74 bits per heavy atom. The van der Waals surface area contributed by atoms with Gasteiger partial charge in [-0.1, -0.05) is 17.4 Å². The van der Waals surface area contributed by atoms with E-state index >= 15 is 0 Å². The third-order valence-electron chi connectivity index (χ3n) is 5.29. The number of amidine groups is 1. The molecule has 0 saturated heterocycles. The van der Waals surface area contributed by atoms with E-state index < -0.39 is 11.6 Å². The summed E-state index contributed by atoms with van der Waals surface area (Å²) in [5.74, 6) is 3.42. The van der Waals surface area contributed by atoms with E-state index in [0.29, 0.717) is 19.5 Å². The van der Waals surface area contributed by atoms with E-state index in [1.165, 1.54) is 12.1 Å². The maximum absolute atomic E-state index is 14.1. The molecule has 2 heterocycles. The molecule has 2 aliphatic rings. The molecule has 1 fully saturated rings. The van der Waals surface area contributed by atoms with Crippen LogP contribution in [0.5, 0.6) is 0 Å². The summed E-state index contributed by atoms with van der Waals surface area (Å²) < 4.78 is 27.6. The first-order valence-corrected chi connectivity index (χ1v) is 9.85. The number of pyridine rings is 1. The molecule has 10 heteroatoms. The van der Waals surface area contributed by atoms with Crippen molar-refractivity contribution in [2.75, 3.05) is 18.8 Å². The summed E-state index contributed by atoms with van der Waals surface area (Å²) in [7, 11) is 0. The molecule has 31 heavy (non-hydrogen) atoms. The predicted molar refractivity (Wildman–Crippen MR) is 112 cm³/mol. The van der Waals surface area contributed by atoms with Gasteiger partial charge in [-0.3, -0.25) is 4.79 Å². The average Bonchev–Trinajstić information content (AvgIpc) is 3.62. The average molecular weight is 425 g/mol. The SMILES string of the molecule is NN=NC(=Nc1cccc(F)c1F)c1cc(C2=CCN(C(=O)C3CC3)CC2)cnc1N. The van der Waals surface area contributed by atoms with Crippen LogP contribution in [0.25, 0.3) is 5.57 Å². The van der Waals surface area contributed by atoms with Crippen LogP contribution >= 0.6 is 0 Å². The molecule has 1 saturated carbocycles. The molecule has 0 bridgehead atoms. The van der Waals surface area contributed by atoms with Crippen molar-refractivity contribution >= 4 is 28.8 Å². The standard InChI is InChI=1S/C21H21F2N7O/c22-16-2-1-3-17(18(16)23)27-20(28-29-25)15-10-14(11-26-19(15)24)12-6-8-30(9-7-12)21(31)13-4-5-13/h1-3,6,10-11,13H,4-5,7-9H2,(H2,24,26)(H2,25,27,28). The lowest BCUT2D eigenvalue weighted by molar-refractivity contribution is -0.132. The van der Waals surface area contributed by atoms with E-state index in [9.17, 15) is 13.6 Å². The third kappa shape index (κ3) is 4.42. The lowest BCUT2D eigenvalue weighted by Gasteiger charge is -2.26. The summed E-state index contributed by atoms with van der Waals surface area (Å²) in [6.07, 6.45) is 6.20. The van der Waals surface area contributed by atoms with Crippen molar-refractivity contribution in [3.63, 3.8) is 0 Å². The van der Waals surface area contributed by atoms with Crippen LogP contribution in [0.4, 0.5) is 20.3 Å². The minimum atomic E-state index is -1.12. The van der Waals surface area contributed by atoms with Crippen LogP contribution in [0.1, 0.15) is 30.4 Å². The molecule has 0 atom stereocenters. The van der Waals surface area contributed by atoms with Gasteiger partial charge >= 0.3 is 0 Å². The van der Waals surface area contributed by atoms with E-state index in [4.69, 9.17) is 11.6 Å². The Balaban J connectivity index is 1.65. The number of nitrogen functional groups attached to an aromatic ring is 1. The Labute approximate surface area is 177 Å². The summed E-state index contributed by atoms with van der Waals surface area (Å²) >= 11 is 0. The largest absolute Gasteiger partial charge is 0.383 e. The number of rotatable bonds is 4. The Morgan fingerprint density at radius 1 is 1.26 bits per heavy atom. The molecule has 2 aromatic rings. The fourth-order valence-corrected chi connectivity index (χ4v) is 3.43. The Morgan fingerprint density at radius 2 is 2.06 bits per heavy atom. The fraction of sp³-hybridized carbons (Fsp3) is 0.286. The van der Waals surface area contributed by atoms with Gasteiger partial charge in [-0.15, -0.1) is 5.11 Å². The summed E-state index contributed by atoms with van der Waals surface area (Å²) in [6, 6.07) is 5.32. The minimum absolute atomic E-state index is 0.0914. The topological polar surface area (TPSA) is 122 Å². The lowest BCUT2D eigenvalue weighted by atomic mass is 9.99. The van der Waals surface area contributed by atoms with Crippen LogP contribution in [0.3, 0.4) is 0 Å². The summed E-state index contributed by atoms with van der Waals surface area (Å²) in [4.78, 5) is 22.4. The van der Waals surface area contributed by atoms with E-state index in [2.05, 4.69) is 20.3 Å². The van der Waals surface area contributed by atoms with Crippen molar-refractivity contribution in [2.45, 2.75) is 19.3 Å². The number of halogens is 2. The normalized spacial score (nSPS) is 17.2. The summed E-state index contributed by atoms with van der Waals surface area (Å²) in [6.45, 7) is 1.15. The van der Waals surface area contributed by atoms with Gasteiger partial charge in [0.15, 0.2) is 17.5 Å². The van der Waals surface area contributed by atoms with E-state index in [1.54, 1.807) is 12.3 Å². The summed E-state index contributed by atoms with van der Waals surface area (Å²) in [5.41, 5.74) is 7.78. The van der Waals surface area contributed by atoms with Gasteiger partial charge in [0, 0.05) is 25.2 Å². The maximum atomic E-state index is 14.1. The molecule has 1 aromatic carbocycles. The lowest BCUT2D eigenvalue weighted by Crippen LogP contribution is -2.35. The molecule has 1 aliphatic carbocycles. The Hall–Kier alpha value is -3.69. The Kier molecular flexibility index (Phi) is 5.70. The number of nitrogens with zero attached hydrogens (tertiary/aromatic N) is 5. The van der Waals surface area contributed by atoms with E-state index in [-0.39, 0.29) is 34.7 Å². The maximum Gasteiger partial charge on any atom is 0.225 e. The molecular formula is C21H21F2N7O. The van der Waals surface area contributed by atoms with Crippen molar-refractivity contribution in [1.29, 1.82) is 0 Å². The second-order valence-electron chi connectivity index (χ2n) is 7.42. The van der Waals surface area contributed by atoms with Gasteiger partial charge in [0.1, 0.15) is 11.5 Å². The number of carbonyl (C=O) groups excluding carboxylic acids is 1. The zero-order valence-corrected chi connectivity index (χ0v) is 16.6. The molecule has 0 unspecified atom stereocenters. The van der Waals surface area contributed by atoms with Crippen LogP contribution in [-0.2, 0) is 4.79 Å². The number of nitrogens with two attached hydrogens (primary N) is 2. The van der Waals surface area contributed by atoms with Gasteiger partial charge in [-0.2, -0.15) is 0 Å². The van der Waals surface area contributed by atoms with Crippen LogP contribution in [0.2, 0.25) is 0 Å². The minimum Gasteiger partial charge on any atom is -0.383 e. The zero-order chi connectivity index (χ0) is 22.0. The number of amides is 1. The number of benzene rings is 1. The predicted octanol–water partition coefficient (Wildman–Crippen LogP) is 3.37. The van der Waals surface area contributed by atoms with Crippen molar-refractivity contribution in [2.24, 2.45) is 27.1 Å². The molecule has 4 rings (SSSR count). The molecule has 160 valence electrons. The third-order valence-corrected chi connectivity index (χ3v) is 5.29. The number of hydrogen-bond donors (Lipinski definition) is 2.